The number of carbonyl (C=O) groups is 1. The van der Waals surface area contributed by atoms with E-state index in [1.165, 1.54) is 21.3 Å². The van der Waals surface area contributed by atoms with Crippen LogP contribution >= 0.6 is 0 Å². The Labute approximate surface area is 158 Å². The first-order chi connectivity index (χ1) is 12.9. The molecule has 0 saturated heterocycles. The number of hydrogen-bond acceptors (Lipinski definition) is 5. The highest BCUT2D eigenvalue weighted by molar-refractivity contribution is 7.89. The molecule has 0 unspecified atom stereocenters. The van der Waals surface area contributed by atoms with Crippen molar-refractivity contribution in [1.29, 1.82) is 0 Å². The van der Waals surface area contributed by atoms with Crippen LogP contribution in [0.15, 0.2) is 41.3 Å². The van der Waals surface area contributed by atoms with Crippen molar-refractivity contribution in [3.63, 3.8) is 0 Å². The van der Waals surface area contributed by atoms with Crippen molar-refractivity contribution in [3.8, 4) is 11.5 Å². The molecule has 1 N–H and O–H groups in total. The lowest BCUT2D eigenvalue weighted by molar-refractivity contribution is 0.0734. The van der Waals surface area contributed by atoms with Crippen LogP contribution in [0.5, 0.6) is 11.5 Å². The Morgan fingerprint density at radius 1 is 1.04 bits per heavy atom. The number of carbonyl (C=O) groups excluding carboxylic acids is 1. The fourth-order valence-corrected chi connectivity index (χ4v) is 3.92. The molecule has 1 heterocycles. The van der Waals surface area contributed by atoms with Crippen molar-refractivity contribution in [1.82, 2.24) is 9.62 Å². The second kappa shape index (κ2) is 7.58. The van der Waals surface area contributed by atoms with Gasteiger partial charge in [0, 0.05) is 18.7 Å². The molecule has 0 aromatic heterocycles. The van der Waals surface area contributed by atoms with Gasteiger partial charge in [0.1, 0.15) is 0 Å². The molecule has 1 aliphatic rings. The molecule has 3 rings (SSSR count). The number of benzene rings is 2. The first-order valence-electron chi connectivity index (χ1n) is 8.46. The number of hydrogen-bond donors (Lipinski definition) is 1. The van der Waals surface area contributed by atoms with Crippen LogP contribution in [0.1, 0.15) is 21.5 Å². The van der Waals surface area contributed by atoms with E-state index >= 15 is 0 Å². The molecule has 0 saturated carbocycles. The summed E-state index contributed by atoms with van der Waals surface area (Å²) in [5.41, 5.74) is 2.39. The summed E-state index contributed by atoms with van der Waals surface area (Å²) < 4.78 is 36.9. The van der Waals surface area contributed by atoms with E-state index < -0.39 is 10.0 Å². The minimum atomic E-state index is -3.52. The van der Waals surface area contributed by atoms with E-state index in [4.69, 9.17) is 9.47 Å². The quantitative estimate of drug-likeness (QED) is 0.842. The van der Waals surface area contributed by atoms with Gasteiger partial charge in [-0.25, -0.2) is 13.1 Å². The average Bonchev–Trinajstić information content (AvgIpc) is 2.71. The molecule has 0 aliphatic carbocycles. The predicted molar refractivity (Wildman–Crippen MR) is 101 cm³/mol. The Morgan fingerprint density at radius 2 is 1.78 bits per heavy atom. The topological polar surface area (TPSA) is 84.9 Å². The molecular formula is C19H22N2O5S. The van der Waals surface area contributed by atoms with Gasteiger partial charge in [0.2, 0.25) is 10.0 Å². The van der Waals surface area contributed by atoms with Crippen LogP contribution in [-0.2, 0) is 23.0 Å². The second-order valence-corrected chi connectivity index (χ2v) is 8.07. The Morgan fingerprint density at radius 3 is 2.44 bits per heavy atom. The van der Waals surface area contributed by atoms with Crippen LogP contribution in [0.2, 0.25) is 0 Å². The van der Waals surface area contributed by atoms with Crippen molar-refractivity contribution in [2.24, 2.45) is 0 Å². The Balaban J connectivity index is 1.87. The van der Waals surface area contributed by atoms with Gasteiger partial charge in [-0.3, -0.25) is 4.79 Å². The maximum atomic E-state index is 12.9. The third-order valence-corrected chi connectivity index (χ3v) is 6.10. The Bertz CT molecular complexity index is 972. The molecule has 0 bridgehead atoms. The highest BCUT2D eigenvalue weighted by Crippen LogP contribution is 2.29. The third-order valence-electron chi connectivity index (χ3n) is 4.69. The van der Waals surface area contributed by atoms with Gasteiger partial charge in [0.25, 0.3) is 5.91 Å². The average molecular weight is 390 g/mol. The largest absolute Gasteiger partial charge is 0.493 e. The number of fused-ring (bicyclic) bond motifs is 1. The Kier molecular flexibility index (Phi) is 5.38. The second-order valence-electron chi connectivity index (χ2n) is 6.18. The monoisotopic (exact) mass is 390 g/mol. The normalized spacial score (nSPS) is 13.8. The predicted octanol–water partition coefficient (Wildman–Crippen LogP) is 1.81. The molecular weight excluding hydrogens is 368 g/mol. The molecule has 1 aliphatic heterocycles. The standard InChI is InChI=1S/C19H22N2O5S/c1-20-27(23,24)16-6-4-13-8-9-21(12-15(13)10-16)19(22)14-5-7-17(25-2)18(11-14)26-3/h4-7,10-11,20H,8-9,12H2,1-3H3. The van der Waals surface area contributed by atoms with Crippen LogP contribution in [-0.4, -0.2) is 47.0 Å². The summed E-state index contributed by atoms with van der Waals surface area (Å²) >= 11 is 0. The number of nitrogens with one attached hydrogen (secondary N) is 1. The van der Waals surface area contributed by atoms with Crippen molar-refractivity contribution in [2.75, 3.05) is 27.8 Å². The first-order valence-corrected chi connectivity index (χ1v) is 9.94. The molecule has 144 valence electrons. The van der Waals surface area contributed by atoms with Crippen LogP contribution < -0.4 is 14.2 Å². The van der Waals surface area contributed by atoms with Gasteiger partial charge >= 0.3 is 0 Å². The minimum absolute atomic E-state index is 0.136. The maximum Gasteiger partial charge on any atom is 0.254 e. The highest BCUT2D eigenvalue weighted by Gasteiger charge is 2.24. The smallest absolute Gasteiger partial charge is 0.254 e. The lowest BCUT2D eigenvalue weighted by Crippen LogP contribution is -2.36. The van der Waals surface area contributed by atoms with Crippen LogP contribution in [0.4, 0.5) is 0 Å². The minimum Gasteiger partial charge on any atom is -0.493 e. The fourth-order valence-electron chi connectivity index (χ4n) is 3.14. The molecule has 27 heavy (non-hydrogen) atoms. The number of amides is 1. The lowest BCUT2D eigenvalue weighted by atomic mass is 9.99. The van der Waals surface area contributed by atoms with Gasteiger partial charge in [-0.1, -0.05) is 6.07 Å². The number of ether oxygens (including phenoxy) is 2. The first kappa shape index (κ1) is 19.2. The summed E-state index contributed by atoms with van der Waals surface area (Å²) in [4.78, 5) is 14.8. The van der Waals surface area contributed by atoms with Crippen molar-refractivity contribution < 1.29 is 22.7 Å². The molecule has 2 aromatic carbocycles. The molecule has 0 atom stereocenters. The maximum absolute atomic E-state index is 12.9. The molecule has 0 spiro atoms. The van der Waals surface area contributed by atoms with E-state index in [-0.39, 0.29) is 10.8 Å². The van der Waals surface area contributed by atoms with Gasteiger partial charge in [-0.2, -0.15) is 0 Å². The van der Waals surface area contributed by atoms with E-state index in [1.54, 1.807) is 35.2 Å². The molecule has 0 fully saturated rings. The summed E-state index contributed by atoms with van der Waals surface area (Å²) in [5.74, 6) is 0.909. The summed E-state index contributed by atoms with van der Waals surface area (Å²) in [7, 11) is 0.915. The third kappa shape index (κ3) is 3.77. The molecule has 8 heteroatoms. The summed E-state index contributed by atoms with van der Waals surface area (Å²) in [5, 5.41) is 0. The van der Waals surface area contributed by atoms with E-state index in [0.717, 1.165) is 11.1 Å². The highest BCUT2D eigenvalue weighted by atomic mass is 32.2. The zero-order valence-electron chi connectivity index (χ0n) is 15.5. The van der Waals surface area contributed by atoms with Gasteiger partial charge in [0.05, 0.1) is 19.1 Å². The summed E-state index contributed by atoms with van der Waals surface area (Å²) in [6, 6.07) is 10.1. The van der Waals surface area contributed by atoms with Crippen molar-refractivity contribution in [3.05, 3.63) is 53.1 Å². The van der Waals surface area contributed by atoms with Crippen molar-refractivity contribution in [2.45, 2.75) is 17.9 Å². The van der Waals surface area contributed by atoms with Crippen molar-refractivity contribution >= 4 is 15.9 Å². The van der Waals surface area contributed by atoms with Gasteiger partial charge in [-0.15, -0.1) is 0 Å². The number of sulfonamides is 1. The number of rotatable bonds is 5. The summed E-state index contributed by atoms with van der Waals surface area (Å²) in [6.45, 7) is 0.924. The molecule has 1 amide bonds. The summed E-state index contributed by atoms with van der Waals surface area (Å²) in [6.07, 6.45) is 0.675. The molecule has 0 radical (unpaired) electrons. The van der Waals surface area contributed by atoms with Gasteiger partial charge < -0.3 is 14.4 Å². The van der Waals surface area contributed by atoms with E-state index in [9.17, 15) is 13.2 Å². The lowest BCUT2D eigenvalue weighted by Gasteiger charge is -2.29. The number of methoxy groups -OCH3 is 2. The molecule has 2 aromatic rings. The number of nitrogens with zero attached hydrogens (tertiary/aromatic N) is 1. The van der Waals surface area contributed by atoms with Crippen LogP contribution in [0, 0.1) is 0 Å². The van der Waals surface area contributed by atoms with E-state index in [1.807, 2.05) is 6.07 Å². The fraction of sp³-hybridized carbons (Fsp3) is 0.316. The van der Waals surface area contributed by atoms with Gasteiger partial charge in [-0.05, 0) is 54.9 Å². The van der Waals surface area contributed by atoms with Gasteiger partial charge in [0.15, 0.2) is 11.5 Å². The van der Waals surface area contributed by atoms with Crippen LogP contribution in [0.3, 0.4) is 0 Å². The zero-order chi connectivity index (χ0) is 19.6. The SMILES string of the molecule is CNS(=O)(=O)c1ccc2c(c1)CN(C(=O)c1ccc(OC)c(OC)c1)CC2. The van der Waals surface area contributed by atoms with Crippen LogP contribution in [0.25, 0.3) is 0 Å². The van der Waals surface area contributed by atoms with E-state index in [2.05, 4.69) is 4.72 Å². The van der Waals surface area contributed by atoms with E-state index in [0.29, 0.717) is 36.6 Å². The zero-order valence-corrected chi connectivity index (χ0v) is 16.3. The Hall–Kier alpha value is -2.58. The molecule has 7 nitrogen and oxygen atoms in total.